The van der Waals surface area contributed by atoms with Crippen LogP contribution in [0, 0.1) is 17.6 Å². The van der Waals surface area contributed by atoms with Crippen molar-refractivity contribution in [1.82, 2.24) is 9.88 Å². The van der Waals surface area contributed by atoms with E-state index < -0.39 is 31.6 Å². The molecule has 1 N–H and O–H groups in total. The molecule has 3 rings (SSSR count). The van der Waals surface area contributed by atoms with Gasteiger partial charge in [-0.15, -0.1) is 11.3 Å². The van der Waals surface area contributed by atoms with E-state index in [1.165, 1.54) is 10.9 Å². The van der Waals surface area contributed by atoms with Crippen LogP contribution in [0.1, 0.15) is 6.42 Å². The molecule has 0 aliphatic carbocycles. The molecule has 0 amide bonds. The van der Waals surface area contributed by atoms with E-state index in [4.69, 9.17) is 11.6 Å². The highest BCUT2D eigenvalue weighted by Crippen LogP contribution is 2.38. The largest absolute Gasteiger partial charge is 0.369 e. The summed E-state index contributed by atoms with van der Waals surface area (Å²) in [7, 11) is -0.525. The summed E-state index contributed by atoms with van der Waals surface area (Å²) in [5.74, 6) is -2.09. The molecule has 148 valence electrons. The molecule has 1 saturated heterocycles. The molecule has 0 spiro atoms. The highest BCUT2D eigenvalue weighted by molar-refractivity contribution is 7.92. The van der Waals surface area contributed by atoms with E-state index in [-0.39, 0.29) is 11.5 Å². The Labute approximate surface area is 165 Å². The molecule has 0 radical (unpaired) electrons. The lowest BCUT2D eigenvalue weighted by molar-refractivity contribution is 0.312. The third-order valence-corrected chi connectivity index (χ3v) is 6.66. The van der Waals surface area contributed by atoms with Gasteiger partial charge in [-0.3, -0.25) is 4.72 Å². The number of thiazole rings is 1. The standard InChI is InChI=1S/C16H19ClF2N4O2S2/c1-22(2)4-3-10-6-23(7-10)12-5-11(18)16(15(19)14(12)17)27(24,25)21-13-8-26-9-20-13/h5,8-10,21H,3-4,6-7H2,1-2H3. The van der Waals surface area contributed by atoms with Crippen molar-refractivity contribution < 1.29 is 17.2 Å². The van der Waals surface area contributed by atoms with Crippen molar-refractivity contribution >= 4 is 44.5 Å². The summed E-state index contributed by atoms with van der Waals surface area (Å²) in [6.45, 7) is 2.17. The third kappa shape index (κ3) is 4.34. The number of sulfonamides is 1. The Kier molecular flexibility index (Phi) is 5.90. The fourth-order valence-electron chi connectivity index (χ4n) is 2.88. The second kappa shape index (κ2) is 7.86. The van der Waals surface area contributed by atoms with E-state index in [1.54, 1.807) is 4.90 Å². The molecule has 11 heteroatoms. The minimum Gasteiger partial charge on any atom is -0.369 e. The summed E-state index contributed by atoms with van der Waals surface area (Å²) in [5, 5.41) is 1.01. The quantitative estimate of drug-likeness (QED) is 0.675. The van der Waals surface area contributed by atoms with E-state index >= 15 is 0 Å². The van der Waals surface area contributed by atoms with Gasteiger partial charge < -0.3 is 9.80 Å². The zero-order valence-corrected chi connectivity index (χ0v) is 17.1. The van der Waals surface area contributed by atoms with Crippen molar-refractivity contribution in [2.75, 3.05) is 43.4 Å². The van der Waals surface area contributed by atoms with Crippen LogP contribution in [0.4, 0.5) is 20.3 Å². The Balaban J connectivity index is 1.81. The molecule has 2 heterocycles. The van der Waals surface area contributed by atoms with Gasteiger partial charge in [0.15, 0.2) is 16.5 Å². The minimum absolute atomic E-state index is 0.00882. The number of halogens is 3. The van der Waals surface area contributed by atoms with Crippen molar-refractivity contribution in [3.05, 3.63) is 33.6 Å². The zero-order chi connectivity index (χ0) is 19.8. The number of aromatic nitrogens is 1. The minimum atomic E-state index is -4.49. The highest BCUT2D eigenvalue weighted by atomic mass is 35.5. The normalized spacial score (nSPS) is 15.3. The first-order valence-corrected chi connectivity index (χ1v) is 11.0. The average molecular weight is 437 g/mol. The first kappa shape index (κ1) is 20.2. The lowest BCUT2D eigenvalue weighted by Gasteiger charge is -2.42. The van der Waals surface area contributed by atoms with E-state index in [9.17, 15) is 17.2 Å². The molecule has 1 aliphatic heterocycles. The lowest BCUT2D eigenvalue weighted by Crippen LogP contribution is -2.48. The van der Waals surface area contributed by atoms with Gasteiger partial charge in [0.25, 0.3) is 10.0 Å². The van der Waals surface area contributed by atoms with E-state index in [1.807, 2.05) is 18.8 Å². The van der Waals surface area contributed by atoms with E-state index in [0.717, 1.165) is 30.4 Å². The molecule has 0 unspecified atom stereocenters. The van der Waals surface area contributed by atoms with E-state index in [0.29, 0.717) is 19.0 Å². The van der Waals surface area contributed by atoms with Crippen LogP contribution in [-0.2, 0) is 10.0 Å². The zero-order valence-electron chi connectivity index (χ0n) is 14.7. The molecule has 1 aromatic heterocycles. The second-order valence-corrected chi connectivity index (χ2v) is 9.39. The van der Waals surface area contributed by atoms with Gasteiger partial charge in [-0.1, -0.05) is 11.6 Å². The topological polar surface area (TPSA) is 65.5 Å². The van der Waals surface area contributed by atoms with Crippen molar-refractivity contribution in [1.29, 1.82) is 0 Å². The predicted octanol–water partition coefficient (Wildman–Crippen LogP) is 3.26. The summed E-state index contributed by atoms with van der Waals surface area (Å²) in [6, 6.07) is 0.975. The fourth-order valence-corrected chi connectivity index (χ4v) is 4.91. The predicted molar refractivity (Wildman–Crippen MR) is 103 cm³/mol. The van der Waals surface area contributed by atoms with Gasteiger partial charge in [0.2, 0.25) is 0 Å². The smallest absolute Gasteiger partial charge is 0.268 e. The monoisotopic (exact) mass is 436 g/mol. The Morgan fingerprint density at radius 1 is 1.41 bits per heavy atom. The van der Waals surface area contributed by atoms with Gasteiger partial charge >= 0.3 is 0 Å². The summed E-state index contributed by atoms with van der Waals surface area (Å²) in [4.78, 5) is 6.47. The third-order valence-electron chi connectivity index (χ3n) is 4.32. The SMILES string of the molecule is CN(C)CCC1CN(c2cc(F)c(S(=O)(=O)Nc3cscn3)c(F)c2Cl)C1. The molecule has 0 bridgehead atoms. The van der Waals surface area contributed by atoms with Crippen molar-refractivity contribution in [2.24, 2.45) is 5.92 Å². The van der Waals surface area contributed by atoms with Gasteiger partial charge in [-0.05, 0) is 33.0 Å². The van der Waals surface area contributed by atoms with Gasteiger partial charge in [-0.25, -0.2) is 22.2 Å². The van der Waals surface area contributed by atoms with Crippen LogP contribution < -0.4 is 9.62 Å². The Bertz CT molecular complexity index is 917. The van der Waals surface area contributed by atoms with Crippen molar-refractivity contribution in [3.8, 4) is 0 Å². The second-order valence-electron chi connectivity index (χ2n) is 6.68. The van der Waals surface area contributed by atoms with Gasteiger partial charge in [0.1, 0.15) is 10.8 Å². The van der Waals surface area contributed by atoms with Crippen LogP contribution in [0.25, 0.3) is 0 Å². The van der Waals surface area contributed by atoms with Crippen LogP contribution in [0.2, 0.25) is 5.02 Å². The van der Waals surface area contributed by atoms with Crippen LogP contribution in [-0.4, -0.2) is 52.0 Å². The molecule has 1 aliphatic rings. The molecule has 1 aromatic carbocycles. The van der Waals surface area contributed by atoms with Crippen LogP contribution in [0.3, 0.4) is 0 Å². The fraction of sp³-hybridized carbons (Fsp3) is 0.438. The van der Waals surface area contributed by atoms with Crippen molar-refractivity contribution in [2.45, 2.75) is 11.3 Å². The summed E-state index contributed by atoms with van der Waals surface area (Å²) in [5.41, 5.74) is 1.57. The molecule has 27 heavy (non-hydrogen) atoms. The number of benzene rings is 1. The molecule has 1 fully saturated rings. The lowest BCUT2D eigenvalue weighted by atomic mass is 9.95. The highest BCUT2D eigenvalue weighted by Gasteiger charge is 2.33. The molecular formula is C16H19ClF2N4O2S2. The molecule has 0 atom stereocenters. The molecule has 2 aromatic rings. The Hall–Kier alpha value is -1.49. The number of rotatable bonds is 7. The first-order valence-electron chi connectivity index (χ1n) is 8.17. The van der Waals surface area contributed by atoms with Crippen molar-refractivity contribution in [3.63, 3.8) is 0 Å². The first-order chi connectivity index (χ1) is 12.7. The number of nitrogens with zero attached hydrogens (tertiary/aromatic N) is 3. The molecule has 0 saturated carbocycles. The van der Waals surface area contributed by atoms with Crippen LogP contribution >= 0.6 is 22.9 Å². The van der Waals surface area contributed by atoms with Gasteiger partial charge in [0, 0.05) is 24.5 Å². The van der Waals surface area contributed by atoms with Gasteiger partial charge in [-0.2, -0.15) is 0 Å². The average Bonchev–Trinajstić information content (AvgIpc) is 3.01. The summed E-state index contributed by atoms with van der Waals surface area (Å²) < 4.78 is 56.0. The number of anilines is 2. The van der Waals surface area contributed by atoms with Gasteiger partial charge in [0.05, 0.1) is 11.2 Å². The number of nitrogens with one attached hydrogen (secondary N) is 1. The van der Waals surface area contributed by atoms with Crippen LogP contribution in [0.15, 0.2) is 21.9 Å². The summed E-state index contributed by atoms with van der Waals surface area (Å²) in [6.07, 6.45) is 0.968. The Morgan fingerprint density at radius 3 is 2.70 bits per heavy atom. The maximum Gasteiger partial charge on any atom is 0.268 e. The van der Waals surface area contributed by atoms with E-state index in [2.05, 4.69) is 9.88 Å². The Morgan fingerprint density at radius 2 is 2.11 bits per heavy atom. The molecular weight excluding hydrogens is 418 g/mol. The molecule has 6 nitrogen and oxygen atoms in total. The number of hydrogen-bond acceptors (Lipinski definition) is 6. The maximum absolute atomic E-state index is 14.7. The maximum atomic E-state index is 14.7. The summed E-state index contributed by atoms with van der Waals surface area (Å²) >= 11 is 7.19. The number of hydrogen-bond donors (Lipinski definition) is 1. The van der Waals surface area contributed by atoms with Crippen LogP contribution in [0.5, 0.6) is 0 Å².